The molecule has 0 saturated carbocycles. The first-order valence-corrected chi connectivity index (χ1v) is 6.55. The van der Waals surface area contributed by atoms with Crippen LogP contribution in [0.5, 0.6) is 0 Å². The minimum atomic E-state index is 0.487. The third-order valence-electron chi connectivity index (χ3n) is 3.21. The number of likely N-dealkylation sites (N-methyl/N-ethyl adjacent to an activating group) is 1. The summed E-state index contributed by atoms with van der Waals surface area (Å²) in [4.78, 5) is 2.38. The molecule has 5 heteroatoms. The third kappa shape index (κ3) is 3.54. The van der Waals surface area contributed by atoms with Crippen LogP contribution in [0, 0.1) is 0 Å². The Morgan fingerprint density at radius 3 is 3.00 bits per heavy atom. The van der Waals surface area contributed by atoms with E-state index in [4.69, 9.17) is 11.6 Å². The number of rotatable bonds is 2. The average molecular weight is 257 g/mol. The summed E-state index contributed by atoms with van der Waals surface area (Å²) in [6, 6.07) is 0.487. The van der Waals surface area contributed by atoms with Crippen molar-refractivity contribution in [1.29, 1.82) is 0 Å². The summed E-state index contributed by atoms with van der Waals surface area (Å²) in [5, 5.41) is 6.13. The quantitative estimate of drug-likeness (QED) is 0.783. The molecule has 0 radical (unpaired) electrons. The molecule has 2 N–H and O–H groups in total. The zero-order valence-corrected chi connectivity index (χ0v) is 11.3. The van der Waals surface area contributed by atoms with E-state index in [0.717, 1.165) is 17.3 Å². The molecule has 2 aliphatic heterocycles. The van der Waals surface area contributed by atoms with E-state index < -0.39 is 0 Å². The monoisotopic (exact) mass is 256 g/mol. The van der Waals surface area contributed by atoms with Gasteiger partial charge in [-0.3, -0.25) is 5.01 Å². The van der Waals surface area contributed by atoms with Gasteiger partial charge in [-0.25, -0.2) is 0 Å². The molecule has 0 bridgehead atoms. The number of nitrogens with zero attached hydrogens (tertiary/aromatic N) is 2. The van der Waals surface area contributed by atoms with Crippen LogP contribution in [0.2, 0.25) is 0 Å². The number of hydrogen-bond acceptors (Lipinski definition) is 4. The molecule has 1 unspecified atom stereocenters. The molecular formula is C12H21ClN4. The third-order valence-corrected chi connectivity index (χ3v) is 3.51. The van der Waals surface area contributed by atoms with E-state index >= 15 is 0 Å². The second kappa shape index (κ2) is 5.65. The number of hydrogen-bond donors (Lipinski definition) is 2. The summed E-state index contributed by atoms with van der Waals surface area (Å²) >= 11 is 6.21. The Balaban J connectivity index is 1.94. The molecule has 0 aromatic rings. The minimum Gasteiger partial charge on any atom is -0.379 e. The van der Waals surface area contributed by atoms with Gasteiger partial charge in [0.2, 0.25) is 0 Å². The number of allylic oxidation sites excluding steroid dienone is 1. The van der Waals surface area contributed by atoms with Gasteiger partial charge in [0.05, 0.1) is 10.7 Å². The second-order valence-corrected chi connectivity index (χ2v) is 5.28. The number of nitrogens with one attached hydrogen (secondary N) is 2. The lowest BCUT2D eigenvalue weighted by Crippen LogP contribution is -2.40. The minimum absolute atomic E-state index is 0.487. The molecule has 2 aliphatic rings. The maximum Gasteiger partial charge on any atom is 0.0831 e. The highest BCUT2D eigenvalue weighted by Crippen LogP contribution is 2.18. The van der Waals surface area contributed by atoms with Crippen LogP contribution in [0.3, 0.4) is 0 Å². The summed E-state index contributed by atoms with van der Waals surface area (Å²) in [5.74, 6) is 0. The van der Waals surface area contributed by atoms with Crippen molar-refractivity contribution < 1.29 is 0 Å². The van der Waals surface area contributed by atoms with E-state index in [-0.39, 0.29) is 0 Å². The Morgan fingerprint density at radius 2 is 2.24 bits per heavy atom. The predicted octanol–water partition coefficient (Wildman–Crippen LogP) is 1.43. The Morgan fingerprint density at radius 1 is 1.41 bits per heavy atom. The van der Waals surface area contributed by atoms with Gasteiger partial charge in [-0.2, -0.15) is 0 Å². The van der Waals surface area contributed by atoms with E-state index in [1.54, 1.807) is 0 Å². The highest BCUT2D eigenvalue weighted by Gasteiger charge is 2.18. The number of hydrazine groups is 1. The lowest BCUT2D eigenvalue weighted by Gasteiger charge is -2.27. The molecule has 1 saturated heterocycles. The molecule has 96 valence electrons. The molecule has 0 aromatic heterocycles. The van der Waals surface area contributed by atoms with Gasteiger partial charge >= 0.3 is 0 Å². The van der Waals surface area contributed by atoms with Crippen LogP contribution in [0.25, 0.3) is 0 Å². The summed E-state index contributed by atoms with van der Waals surface area (Å²) in [6.45, 7) is 2.28. The Bertz CT molecular complexity index is 326. The molecule has 0 spiro atoms. The number of halogens is 1. The van der Waals surface area contributed by atoms with Crippen molar-refractivity contribution in [3.8, 4) is 0 Å². The van der Waals surface area contributed by atoms with Gasteiger partial charge in [-0.05, 0) is 26.4 Å². The van der Waals surface area contributed by atoms with E-state index in [1.165, 1.54) is 25.8 Å². The van der Waals surface area contributed by atoms with Crippen molar-refractivity contribution in [2.45, 2.75) is 25.3 Å². The smallest absolute Gasteiger partial charge is 0.0831 e. The lowest BCUT2D eigenvalue weighted by molar-refractivity contribution is 0.316. The molecule has 17 heavy (non-hydrogen) atoms. The summed E-state index contributed by atoms with van der Waals surface area (Å²) in [7, 11) is 4.10. The molecule has 0 aliphatic carbocycles. The maximum absolute atomic E-state index is 6.21. The Hall–Kier alpha value is -0.870. The highest BCUT2D eigenvalue weighted by atomic mass is 35.5. The summed E-state index contributed by atoms with van der Waals surface area (Å²) in [5.41, 5.74) is 4.10. The second-order valence-electron chi connectivity index (χ2n) is 4.87. The highest BCUT2D eigenvalue weighted by molar-refractivity contribution is 6.31. The first kappa shape index (κ1) is 12.6. The first-order chi connectivity index (χ1) is 8.15. The van der Waals surface area contributed by atoms with Crippen LogP contribution in [0.1, 0.15) is 19.3 Å². The number of likely N-dealkylation sites (tertiary alicyclic amines) is 1. The van der Waals surface area contributed by atoms with Crippen LogP contribution in [0.4, 0.5) is 0 Å². The fourth-order valence-corrected chi connectivity index (χ4v) is 2.55. The molecule has 1 atom stereocenters. The molecule has 2 heterocycles. The van der Waals surface area contributed by atoms with Crippen LogP contribution in [-0.2, 0) is 0 Å². The van der Waals surface area contributed by atoms with Crippen molar-refractivity contribution in [3.63, 3.8) is 0 Å². The fourth-order valence-electron chi connectivity index (χ4n) is 2.29. The zero-order chi connectivity index (χ0) is 12.3. The van der Waals surface area contributed by atoms with Gasteiger partial charge in [-0.1, -0.05) is 18.0 Å². The van der Waals surface area contributed by atoms with Gasteiger partial charge in [0, 0.05) is 32.0 Å². The van der Waals surface area contributed by atoms with Crippen LogP contribution >= 0.6 is 11.6 Å². The van der Waals surface area contributed by atoms with Gasteiger partial charge in [0.15, 0.2) is 0 Å². The molecule has 2 rings (SSSR count). The molecule has 0 aromatic carbocycles. The van der Waals surface area contributed by atoms with Crippen molar-refractivity contribution in [3.05, 3.63) is 23.1 Å². The van der Waals surface area contributed by atoms with Crippen molar-refractivity contribution in [2.24, 2.45) is 0 Å². The maximum atomic E-state index is 6.21. The Labute approximate surface area is 108 Å². The van der Waals surface area contributed by atoms with Gasteiger partial charge in [0.1, 0.15) is 0 Å². The standard InChI is InChI=1S/C12H21ClN4/c1-16-6-4-3-5-10(8-16)15-12-7-14-17(2)9-11(12)13/h7,9-10,14-15H,3-6,8H2,1-2H3. The van der Waals surface area contributed by atoms with Crippen molar-refractivity contribution >= 4 is 11.6 Å². The Kier molecular flexibility index (Phi) is 4.18. The fraction of sp³-hybridized carbons (Fsp3) is 0.667. The zero-order valence-electron chi connectivity index (χ0n) is 10.5. The van der Waals surface area contributed by atoms with E-state index in [9.17, 15) is 0 Å². The SMILES string of the molecule is CN1CCCCC(NC2=CNN(C)C=C2Cl)C1. The van der Waals surface area contributed by atoms with E-state index in [2.05, 4.69) is 22.7 Å². The van der Waals surface area contributed by atoms with Crippen molar-refractivity contribution in [2.75, 3.05) is 27.2 Å². The van der Waals surface area contributed by atoms with Crippen LogP contribution in [-0.4, -0.2) is 43.1 Å². The predicted molar refractivity (Wildman–Crippen MR) is 71.2 cm³/mol. The van der Waals surface area contributed by atoms with Gasteiger partial charge in [-0.15, -0.1) is 0 Å². The van der Waals surface area contributed by atoms with E-state index in [1.807, 2.05) is 24.5 Å². The summed E-state index contributed by atoms with van der Waals surface area (Å²) in [6.07, 6.45) is 7.58. The average Bonchev–Trinajstić information content (AvgIpc) is 2.47. The van der Waals surface area contributed by atoms with Crippen molar-refractivity contribution in [1.82, 2.24) is 20.7 Å². The normalized spacial score (nSPS) is 26.8. The summed E-state index contributed by atoms with van der Waals surface area (Å²) < 4.78 is 0. The largest absolute Gasteiger partial charge is 0.379 e. The van der Waals surface area contributed by atoms with E-state index in [0.29, 0.717) is 6.04 Å². The van der Waals surface area contributed by atoms with Crippen LogP contribution < -0.4 is 10.7 Å². The topological polar surface area (TPSA) is 30.5 Å². The molecule has 0 amide bonds. The molecular weight excluding hydrogens is 236 g/mol. The molecule has 1 fully saturated rings. The molecule has 4 nitrogen and oxygen atoms in total. The van der Waals surface area contributed by atoms with Gasteiger partial charge < -0.3 is 15.6 Å². The van der Waals surface area contributed by atoms with Gasteiger partial charge in [0.25, 0.3) is 0 Å². The first-order valence-electron chi connectivity index (χ1n) is 6.17. The lowest BCUT2D eigenvalue weighted by atomic mass is 10.1. The van der Waals surface area contributed by atoms with Crippen LogP contribution in [0.15, 0.2) is 23.1 Å².